The topological polar surface area (TPSA) is 40.6 Å². The number of amides is 2. The van der Waals surface area contributed by atoms with Crippen molar-refractivity contribution in [3.05, 3.63) is 93.6 Å². The van der Waals surface area contributed by atoms with Crippen LogP contribution in [-0.2, 0) is 9.59 Å². The number of unbranched alkanes of at least 4 members (excludes halogenated alkanes) is 2. The normalized spacial score (nSPS) is 15.1. The number of rotatable bonds is 19. The lowest BCUT2D eigenvalue weighted by Crippen LogP contribution is -2.50. The van der Waals surface area contributed by atoms with Crippen LogP contribution >= 0.6 is 0 Å². The first-order valence-corrected chi connectivity index (χ1v) is 20.0. The van der Waals surface area contributed by atoms with E-state index in [-0.39, 0.29) is 51.4 Å². The van der Waals surface area contributed by atoms with Crippen molar-refractivity contribution in [2.45, 2.75) is 137 Å². The molecule has 0 radical (unpaired) electrons. The Hall–Kier alpha value is -4.52. The van der Waals surface area contributed by atoms with Crippen molar-refractivity contribution in [3.63, 3.8) is 0 Å². The number of nitrogens with zero attached hydrogens (tertiary/aromatic N) is 2. The zero-order valence-corrected chi connectivity index (χ0v) is 35.0. The van der Waals surface area contributed by atoms with Crippen molar-refractivity contribution in [2.24, 2.45) is 10.8 Å². The monoisotopic (exact) mass is 926 g/mol. The molecule has 352 valence electrons. The lowest BCUT2D eigenvalue weighted by molar-refractivity contribution is -0.171. The van der Waals surface area contributed by atoms with Gasteiger partial charge in [0.25, 0.3) is 0 Å². The van der Waals surface area contributed by atoms with Crippen LogP contribution in [0.15, 0.2) is 24.3 Å². The van der Waals surface area contributed by atoms with Gasteiger partial charge in [0.2, 0.25) is 11.6 Å². The summed E-state index contributed by atoms with van der Waals surface area (Å²) in [5.74, 6) is -34.3. The number of carbonyl (C=O) groups excluding carboxylic acids is 2. The Morgan fingerprint density at radius 2 is 0.889 bits per heavy atom. The molecule has 3 aromatic rings. The number of alkyl halides is 6. The van der Waals surface area contributed by atoms with Gasteiger partial charge in [-0.2, -0.15) is 26.3 Å². The van der Waals surface area contributed by atoms with Crippen LogP contribution in [0.3, 0.4) is 0 Å². The molecule has 3 aromatic carbocycles. The Balaban J connectivity index is 2.72. The second kappa shape index (κ2) is 20.5. The lowest BCUT2D eigenvalue weighted by Gasteiger charge is -2.45. The molecule has 0 aliphatic carbocycles. The molecule has 2 amide bonds. The Morgan fingerprint density at radius 3 is 1.30 bits per heavy atom. The van der Waals surface area contributed by atoms with Crippen LogP contribution in [0, 0.1) is 69.0 Å². The summed E-state index contributed by atoms with van der Waals surface area (Å²) in [5.41, 5.74) is -9.14. The molecule has 4 nitrogen and oxygen atoms in total. The first kappa shape index (κ1) is 52.8. The zero-order chi connectivity index (χ0) is 48.2. The van der Waals surface area contributed by atoms with Crippen LogP contribution in [0.4, 0.5) is 81.6 Å². The molecule has 4 atom stereocenters. The van der Waals surface area contributed by atoms with Crippen molar-refractivity contribution >= 4 is 23.2 Å². The average molecular weight is 927 g/mol. The lowest BCUT2D eigenvalue weighted by atomic mass is 9.70. The Bertz CT molecular complexity index is 2070. The van der Waals surface area contributed by atoms with E-state index in [0.29, 0.717) is 18.9 Å². The summed E-state index contributed by atoms with van der Waals surface area (Å²) in [4.78, 5) is 25.6. The third kappa shape index (κ3) is 11.1. The summed E-state index contributed by atoms with van der Waals surface area (Å²) >= 11 is 0. The highest BCUT2D eigenvalue weighted by Crippen LogP contribution is 2.52. The van der Waals surface area contributed by atoms with Crippen LogP contribution in [0.25, 0.3) is 0 Å². The third-order valence-electron chi connectivity index (χ3n) is 11.2. The van der Waals surface area contributed by atoms with Crippen LogP contribution in [0.1, 0.15) is 135 Å². The highest BCUT2D eigenvalue weighted by Gasteiger charge is 2.53. The minimum atomic E-state index is -6.11. The van der Waals surface area contributed by atoms with E-state index in [2.05, 4.69) is 0 Å². The van der Waals surface area contributed by atoms with E-state index >= 15 is 17.6 Å². The summed E-state index contributed by atoms with van der Waals surface area (Å²) < 4.78 is 239. The standard InChI is InChI=1S/C43H46F16N2O2/c1-7-11-18-40(5,16-9-3)21-24(60(38(62)42(54,55)56)35-31(50)27(46)25(44)28(47)32(35)51)22-14-13-15-23(20-22)37(41(6,17-10-4)19-12-8-2)61(39(63)43(57,58)59)36-33(52)29(48)26(45)30(49)34(36)53/h13-15,20,24,37H,7-12,16-19,21H2,1-6H3. The first-order chi connectivity index (χ1) is 29.1. The molecule has 0 bridgehead atoms. The van der Waals surface area contributed by atoms with Gasteiger partial charge in [-0.3, -0.25) is 19.4 Å². The molecule has 0 aliphatic rings. The van der Waals surface area contributed by atoms with Crippen molar-refractivity contribution in [2.75, 3.05) is 9.80 Å². The minimum absolute atomic E-state index is 0.0328. The summed E-state index contributed by atoms with van der Waals surface area (Å²) in [6.07, 6.45) is -11.7. The summed E-state index contributed by atoms with van der Waals surface area (Å²) in [6.45, 7) is 9.21. The van der Waals surface area contributed by atoms with E-state index in [0.717, 1.165) is 18.2 Å². The Kier molecular flexibility index (Phi) is 17.2. The van der Waals surface area contributed by atoms with Gasteiger partial charge < -0.3 is 0 Å². The second-order valence-corrected chi connectivity index (χ2v) is 16.1. The predicted octanol–water partition coefficient (Wildman–Crippen LogP) is 14.7. The molecule has 0 saturated heterocycles. The van der Waals surface area contributed by atoms with E-state index in [1.54, 1.807) is 20.8 Å². The van der Waals surface area contributed by atoms with Gasteiger partial charge in [0, 0.05) is 0 Å². The minimum Gasteiger partial charge on any atom is -0.292 e. The van der Waals surface area contributed by atoms with E-state index in [1.165, 1.54) is 20.8 Å². The number of hydrogen-bond donors (Lipinski definition) is 0. The van der Waals surface area contributed by atoms with Gasteiger partial charge in [-0.15, -0.1) is 0 Å². The van der Waals surface area contributed by atoms with Crippen LogP contribution in [0.5, 0.6) is 0 Å². The zero-order valence-electron chi connectivity index (χ0n) is 35.0. The molecular weight excluding hydrogens is 880 g/mol. The van der Waals surface area contributed by atoms with Crippen molar-refractivity contribution in [1.82, 2.24) is 0 Å². The molecule has 0 fully saturated rings. The largest absolute Gasteiger partial charge is 0.471 e. The van der Waals surface area contributed by atoms with Gasteiger partial charge in [0.05, 0.1) is 12.1 Å². The summed E-state index contributed by atoms with van der Waals surface area (Å²) in [6, 6.07) is -1.48. The van der Waals surface area contributed by atoms with Crippen molar-refractivity contribution in [3.8, 4) is 0 Å². The fourth-order valence-electron chi connectivity index (χ4n) is 8.34. The van der Waals surface area contributed by atoms with Crippen LogP contribution < -0.4 is 9.80 Å². The summed E-state index contributed by atoms with van der Waals surface area (Å²) in [7, 11) is 0. The van der Waals surface area contributed by atoms with E-state index in [9.17, 15) is 62.3 Å². The molecule has 0 aliphatic heterocycles. The van der Waals surface area contributed by atoms with E-state index in [1.807, 2.05) is 0 Å². The van der Waals surface area contributed by atoms with Gasteiger partial charge in [-0.1, -0.05) is 104 Å². The highest BCUT2D eigenvalue weighted by atomic mass is 19.4. The molecular formula is C43H46F16N2O2. The quantitative estimate of drug-likeness (QED) is 0.0683. The van der Waals surface area contributed by atoms with Gasteiger partial charge in [0.15, 0.2) is 46.5 Å². The number of hydrogen-bond acceptors (Lipinski definition) is 2. The SMILES string of the molecule is CCCCC(C)(CCC)CC(c1cccc(C(N(C(=O)C(F)(F)F)c2c(F)c(F)c(F)c(F)c2F)C(C)(CCC)CCCC)c1)N(C(=O)C(F)(F)F)c1c(F)c(F)c(F)c(F)c1F. The third-order valence-corrected chi connectivity index (χ3v) is 11.2. The molecule has 63 heavy (non-hydrogen) atoms. The second-order valence-electron chi connectivity index (χ2n) is 16.1. The number of benzene rings is 3. The molecule has 0 heterocycles. The fraction of sp³-hybridized carbons (Fsp3) is 0.535. The van der Waals surface area contributed by atoms with Gasteiger partial charge >= 0.3 is 24.2 Å². The van der Waals surface area contributed by atoms with Gasteiger partial charge in [-0.25, -0.2) is 43.9 Å². The molecule has 0 saturated carbocycles. The number of anilines is 2. The predicted molar refractivity (Wildman–Crippen MR) is 201 cm³/mol. The molecule has 0 aromatic heterocycles. The smallest absolute Gasteiger partial charge is 0.292 e. The molecule has 20 heteroatoms. The molecule has 0 N–H and O–H groups in total. The number of carbonyl (C=O) groups is 2. The van der Waals surface area contributed by atoms with Crippen molar-refractivity contribution in [1.29, 1.82) is 0 Å². The van der Waals surface area contributed by atoms with Crippen LogP contribution in [-0.4, -0.2) is 24.2 Å². The molecule has 4 unspecified atom stereocenters. The van der Waals surface area contributed by atoms with Crippen molar-refractivity contribution < 1.29 is 79.8 Å². The van der Waals surface area contributed by atoms with Gasteiger partial charge in [-0.05, 0) is 54.1 Å². The first-order valence-electron chi connectivity index (χ1n) is 20.0. The maximum Gasteiger partial charge on any atom is 0.471 e. The fourth-order valence-corrected chi connectivity index (χ4v) is 8.34. The molecule has 0 spiro atoms. The average Bonchev–Trinajstić information content (AvgIpc) is 3.21. The Labute approximate surface area is 353 Å². The molecule has 3 rings (SSSR count). The van der Waals surface area contributed by atoms with Gasteiger partial charge in [0.1, 0.15) is 11.4 Å². The van der Waals surface area contributed by atoms with E-state index < -0.39 is 144 Å². The maximum atomic E-state index is 15.7. The van der Waals surface area contributed by atoms with E-state index in [4.69, 9.17) is 0 Å². The Morgan fingerprint density at radius 1 is 0.508 bits per heavy atom. The summed E-state index contributed by atoms with van der Waals surface area (Å²) in [5, 5.41) is 0. The van der Waals surface area contributed by atoms with Crippen LogP contribution in [0.2, 0.25) is 0 Å². The highest BCUT2D eigenvalue weighted by molar-refractivity contribution is 5.99. The maximum absolute atomic E-state index is 15.7. The number of halogens is 16.